The summed E-state index contributed by atoms with van der Waals surface area (Å²) in [4.78, 5) is 34.7. The van der Waals surface area contributed by atoms with Gasteiger partial charge in [0.2, 0.25) is 11.4 Å². The number of carboxylic acid groups (broad SMARTS) is 1. The molecule has 0 aromatic heterocycles. The van der Waals surface area contributed by atoms with Gasteiger partial charge in [-0.25, -0.2) is 4.79 Å². The van der Waals surface area contributed by atoms with Crippen LogP contribution in [0.4, 0.5) is 13.2 Å². The maximum atomic E-state index is 13.2. The Balaban J connectivity index is 0.000000587. The first kappa shape index (κ1) is 31.5. The van der Waals surface area contributed by atoms with Gasteiger partial charge in [0.05, 0.1) is 26.7 Å². The molecule has 1 heterocycles. The predicted molar refractivity (Wildman–Crippen MR) is 142 cm³/mol. The lowest BCUT2D eigenvalue weighted by Gasteiger charge is -2.40. The van der Waals surface area contributed by atoms with Gasteiger partial charge in [-0.1, -0.05) is 91.0 Å². The molecular weight excluding hydrogens is 539 g/mol. The normalized spacial score (nSPS) is 18.9. The molecule has 1 aliphatic rings. The molecule has 0 spiro atoms. The highest BCUT2D eigenvalue weighted by atomic mass is 19.4. The van der Waals surface area contributed by atoms with Crippen LogP contribution in [0.5, 0.6) is 0 Å². The zero-order valence-corrected chi connectivity index (χ0v) is 22.5. The van der Waals surface area contributed by atoms with Gasteiger partial charge < -0.3 is 24.2 Å². The van der Waals surface area contributed by atoms with Crippen LogP contribution in [0.1, 0.15) is 34.3 Å². The molecule has 1 N–H and O–H groups in total. The second kappa shape index (κ2) is 13.6. The second-order valence-corrected chi connectivity index (χ2v) is 10.3. The Kier molecular flexibility index (Phi) is 10.4. The first-order valence-corrected chi connectivity index (χ1v) is 13.1. The molecule has 4 rings (SSSR count). The number of hydrogen-bond donors (Lipinski definition) is 1. The highest BCUT2D eigenvalue weighted by Gasteiger charge is 2.42. The number of quaternary nitrogens is 1. The van der Waals surface area contributed by atoms with E-state index in [0.29, 0.717) is 22.2 Å². The zero-order valence-electron chi connectivity index (χ0n) is 22.5. The van der Waals surface area contributed by atoms with Gasteiger partial charge in [0, 0.05) is 24.3 Å². The number of aliphatic carboxylic acids is 1. The summed E-state index contributed by atoms with van der Waals surface area (Å²) in [6.45, 7) is 2.43. The van der Waals surface area contributed by atoms with Crippen molar-refractivity contribution >= 4 is 17.7 Å². The molecule has 3 aromatic rings. The van der Waals surface area contributed by atoms with Crippen molar-refractivity contribution in [2.75, 3.05) is 33.3 Å². The van der Waals surface area contributed by atoms with Gasteiger partial charge in [0.15, 0.2) is 0 Å². The third-order valence-corrected chi connectivity index (χ3v) is 7.14. The van der Waals surface area contributed by atoms with Crippen molar-refractivity contribution in [2.45, 2.75) is 24.6 Å². The Hall–Kier alpha value is -4.02. The van der Waals surface area contributed by atoms with E-state index in [-0.39, 0.29) is 18.3 Å². The number of benzene rings is 3. The third kappa shape index (κ3) is 8.48. The number of piperidine rings is 1. The van der Waals surface area contributed by atoms with E-state index in [9.17, 15) is 27.9 Å². The largest absolute Gasteiger partial charge is 0.542 e. The number of carbonyl (C=O) groups excluding carboxylic acids is 3. The van der Waals surface area contributed by atoms with Gasteiger partial charge in [-0.3, -0.25) is 4.79 Å². The van der Waals surface area contributed by atoms with Crippen molar-refractivity contribution in [3.8, 4) is 0 Å². The summed E-state index contributed by atoms with van der Waals surface area (Å²) < 4.78 is 38.0. The fourth-order valence-corrected chi connectivity index (χ4v) is 4.69. The highest BCUT2D eigenvalue weighted by molar-refractivity contribution is 5.96. The SMILES string of the molecule is C[N+]1(CC(=O)c2ccccc2)CCC(COC(=O)C(O)(c2ccccc2)c2ccccc2)CC1.O=C([O-])C(F)(F)F. The van der Waals surface area contributed by atoms with Crippen LogP contribution in [0.2, 0.25) is 0 Å². The maximum Gasteiger partial charge on any atom is 0.430 e. The third-order valence-electron chi connectivity index (χ3n) is 7.14. The van der Waals surface area contributed by atoms with E-state index in [0.717, 1.165) is 31.5 Å². The van der Waals surface area contributed by atoms with E-state index < -0.39 is 23.7 Å². The lowest BCUT2D eigenvalue weighted by atomic mass is 9.86. The van der Waals surface area contributed by atoms with Crippen molar-refractivity contribution in [1.82, 2.24) is 0 Å². The molecule has 10 heteroatoms. The van der Waals surface area contributed by atoms with Gasteiger partial charge in [-0.15, -0.1) is 0 Å². The number of esters is 1. The Morgan fingerprint density at radius 1 is 0.854 bits per heavy atom. The summed E-state index contributed by atoms with van der Waals surface area (Å²) in [5.41, 5.74) is -0.139. The monoisotopic (exact) mass is 571 g/mol. The van der Waals surface area contributed by atoms with Gasteiger partial charge in [-0.05, 0) is 11.1 Å². The molecule has 7 nitrogen and oxygen atoms in total. The van der Waals surface area contributed by atoms with E-state index in [2.05, 4.69) is 7.05 Å². The minimum Gasteiger partial charge on any atom is -0.542 e. The van der Waals surface area contributed by atoms with E-state index in [4.69, 9.17) is 14.6 Å². The lowest BCUT2D eigenvalue weighted by Crippen LogP contribution is -2.53. The number of hydrogen-bond acceptors (Lipinski definition) is 6. The number of rotatable bonds is 8. The van der Waals surface area contributed by atoms with Crippen LogP contribution in [-0.2, 0) is 19.9 Å². The van der Waals surface area contributed by atoms with Crippen LogP contribution in [0, 0.1) is 5.92 Å². The molecule has 41 heavy (non-hydrogen) atoms. The molecule has 0 unspecified atom stereocenters. The molecule has 1 saturated heterocycles. The van der Waals surface area contributed by atoms with E-state index in [1.165, 1.54) is 0 Å². The second-order valence-electron chi connectivity index (χ2n) is 10.3. The Morgan fingerprint density at radius 3 is 1.68 bits per heavy atom. The lowest BCUT2D eigenvalue weighted by molar-refractivity contribution is -0.907. The molecular formula is C31H32F3NO6. The maximum absolute atomic E-state index is 13.2. The number of carbonyl (C=O) groups is 3. The van der Waals surface area contributed by atoms with Gasteiger partial charge >= 0.3 is 12.1 Å². The number of likely N-dealkylation sites (N-methyl/N-ethyl adjacent to an activating group) is 1. The number of carboxylic acids is 1. The Morgan fingerprint density at radius 2 is 1.27 bits per heavy atom. The van der Waals surface area contributed by atoms with E-state index in [1.54, 1.807) is 48.5 Å². The number of ether oxygens (including phenoxy) is 1. The molecule has 3 aromatic carbocycles. The van der Waals surface area contributed by atoms with Crippen LogP contribution in [0.25, 0.3) is 0 Å². The van der Waals surface area contributed by atoms with Crippen LogP contribution in [0.3, 0.4) is 0 Å². The number of alkyl halides is 3. The first-order valence-electron chi connectivity index (χ1n) is 13.1. The first-order chi connectivity index (χ1) is 19.3. The van der Waals surface area contributed by atoms with Gasteiger partial charge in [0.1, 0.15) is 12.5 Å². The van der Waals surface area contributed by atoms with Crippen molar-refractivity contribution in [3.63, 3.8) is 0 Å². The topological polar surface area (TPSA) is 104 Å². The van der Waals surface area contributed by atoms with Crippen LogP contribution < -0.4 is 5.11 Å². The summed E-state index contributed by atoms with van der Waals surface area (Å²) >= 11 is 0. The Labute approximate surface area is 236 Å². The average Bonchev–Trinajstić information content (AvgIpc) is 2.97. The summed E-state index contributed by atoms with van der Waals surface area (Å²) in [6, 6.07) is 27.3. The molecule has 0 radical (unpaired) electrons. The summed E-state index contributed by atoms with van der Waals surface area (Å²) in [7, 11) is 2.12. The quantitative estimate of drug-likeness (QED) is 0.252. The zero-order chi connectivity index (χ0) is 30.1. The summed E-state index contributed by atoms with van der Waals surface area (Å²) in [6.07, 6.45) is -3.47. The minimum absolute atomic E-state index is 0.156. The number of likely N-dealkylation sites (tertiary alicyclic amines) is 1. The number of ketones is 1. The molecule has 218 valence electrons. The van der Waals surface area contributed by atoms with Crippen LogP contribution in [0.15, 0.2) is 91.0 Å². The molecule has 0 amide bonds. The number of Topliss-reactive ketones (excluding diaryl/α,β-unsaturated/α-hetero) is 1. The van der Waals surface area contributed by atoms with E-state index in [1.807, 2.05) is 42.5 Å². The molecule has 0 aliphatic carbocycles. The number of nitrogens with zero attached hydrogens (tertiary/aromatic N) is 1. The predicted octanol–water partition coefficient (Wildman–Crippen LogP) is 3.50. The van der Waals surface area contributed by atoms with Gasteiger partial charge in [-0.2, -0.15) is 13.2 Å². The Bertz CT molecular complexity index is 1250. The van der Waals surface area contributed by atoms with Crippen molar-refractivity contribution in [2.24, 2.45) is 5.92 Å². The van der Waals surface area contributed by atoms with Gasteiger partial charge in [0.25, 0.3) is 0 Å². The van der Waals surface area contributed by atoms with Crippen molar-refractivity contribution < 1.29 is 47.0 Å². The molecule has 1 fully saturated rings. The summed E-state index contributed by atoms with van der Waals surface area (Å²) in [5, 5.41) is 20.3. The summed E-state index contributed by atoms with van der Waals surface area (Å²) in [5.74, 6) is -3.30. The van der Waals surface area contributed by atoms with Crippen molar-refractivity contribution in [3.05, 3.63) is 108 Å². The fraction of sp³-hybridized carbons (Fsp3) is 0.323. The number of aliphatic hydroxyl groups is 1. The smallest absolute Gasteiger partial charge is 0.430 e. The molecule has 1 aliphatic heterocycles. The van der Waals surface area contributed by atoms with E-state index >= 15 is 0 Å². The molecule has 0 bridgehead atoms. The molecule has 0 atom stereocenters. The average molecular weight is 572 g/mol. The molecule has 0 saturated carbocycles. The minimum atomic E-state index is -5.19. The standard InChI is InChI=1S/C29H32NO4.C2HF3O2/c1-30(21-27(31)24-11-5-2-6-12-24)19-17-23(18-20-30)22-34-28(32)29(33,25-13-7-3-8-14-25)26-15-9-4-10-16-26;3-2(4,5)1(6)7/h2-16,23,33H,17-22H2,1H3;(H,6,7)/q+1;/p-1. The van der Waals surface area contributed by atoms with Crippen LogP contribution >= 0.6 is 0 Å². The highest BCUT2D eigenvalue weighted by Crippen LogP contribution is 2.32. The fourth-order valence-electron chi connectivity index (χ4n) is 4.69. The van der Waals surface area contributed by atoms with Crippen molar-refractivity contribution in [1.29, 1.82) is 0 Å². The van der Waals surface area contributed by atoms with Crippen LogP contribution in [-0.4, -0.2) is 66.8 Å². The number of halogens is 3.